The van der Waals surface area contributed by atoms with Crippen LogP contribution in [0.5, 0.6) is 0 Å². The molecular weight excluding hydrogens is 230 g/mol. The van der Waals surface area contributed by atoms with Gasteiger partial charge in [0.25, 0.3) is 0 Å². The maximum absolute atomic E-state index is 9.92. The van der Waals surface area contributed by atoms with Gasteiger partial charge in [-0.05, 0) is 6.07 Å². The highest BCUT2D eigenvalue weighted by molar-refractivity contribution is 5.78. The Morgan fingerprint density at radius 1 is 1.44 bits per heavy atom. The third-order valence-corrected chi connectivity index (χ3v) is 2.80. The number of hydrogen-bond donors (Lipinski definition) is 2. The Labute approximate surface area is 106 Å². The van der Waals surface area contributed by atoms with Crippen LogP contribution in [0.2, 0.25) is 0 Å². The number of aliphatic hydroxyl groups excluding tert-OH is 1. The minimum absolute atomic E-state index is 0.454. The van der Waals surface area contributed by atoms with Crippen LogP contribution in [0.15, 0.2) is 30.5 Å². The van der Waals surface area contributed by atoms with Gasteiger partial charge in [-0.2, -0.15) is 5.10 Å². The summed E-state index contributed by atoms with van der Waals surface area (Å²) in [7, 11) is 1.66. The minimum atomic E-state index is -0.454. The van der Waals surface area contributed by atoms with Crippen LogP contribution >= 0.6 is 0 Å². The number of para-hydroxylation sites is 1. The van der Waals surface area contributed by atoms with Gasteiger partial charge in [0, 0.05) is 25.6 Å². The lowest BCUT2D eigenvalue weighted by Gasteiger charge is -2.12. The Morgan fingerprint density at radius 2 is 2.28 bits per heavy atom. The van der Waals surface area contributed by atoms with Gasteiger partial charge in [-0.15, -0.1) is 0 Å². The number of methoxy groups -OCH3 is 1. The molecular formula is C13H19N3O2. The standard InChI is InChI=1S/C13H19N3O2/c1-18-7-6-14-9-12(17)10-16-13-5-3-2-4-11(13)8-15-16/h2-5,8,12,14,17H,6-7,9-10H2,1H3. The summed E-state index contributed by atoms with van der Waals surface area (Å²) < 4.78 is 6.76. The van der Waals surface area contributed by atoms with Gasteiger partial charge in [0.2, 0.25) is 0 Å². The van der Waals surface area contributed by atoms with Crippen LogP contribution in [0.4, 0.5) is 0 Å². The normalized spacial score (nSPS) is 13.0. The highest BCUT2D eigenvalue weighted by Crippen LogP contribution is 2.12. The number of fused-ring (bicyclic) bond motifs is 1. The smallest absolute Gasteiger partial charge is 0.0860 e. The highest BCUT2D eigenvalue weighted by Gasteiger charge is 2.08. The minimum Gasteiger partial charge on any atom is -0.390 e. The average Bonchev–Trinajstić information content (AvgIpc) is 2.78. The van der Waals surface area contributed by atoms with Crippen LogP contribution in [-0.2, 0) is 11.3 Å². The molecule has 2 N–H and O–H groups in total. The summed E-state index contributed by atoms with van der Waals surface area (Å²) in [5.41, 5.74) is 1.05. The molecule has 1 atom stereocenters. The van der Waals surface area contributed by atoms with Gasteiger partial charge >= 0.3 is 0 Å². The maximum Gasteiger partial charge on any atom is 0.0860 e. The molecule has 0 bridgehead atoms. The molecule has 5 nitrogen and oxygen atoms in total. The second-order valence-electron chi connectivity index (χ2n) is 4.24. The zero-order chi connectivity index (χ0) is 12.8. The van der Waals surface area contributed by atoms with Crippen LogP contribution in [0.1, 0.15) is 0 Å². The first-order valence-corrected chi connectivity index (χ1v) is 6.09. The quantitative estimate of drug-likeness (QED) is 0.707. The molecule has 0 fully saturated rings. The summed E-state index contributed by atoms with van der Waals surface area (Å²) in [6.45, 7) is 2.43. The molecule has 1 aromatic carbocycles. The molecule has 2 aromatic rings. The zero-order valence-corrected chi connectivity index (χ0v) is 10.5. The lowest BCUT2D eigenvalue weighted by molar-refractivity contribution is 0.141. The number of nitrogens with one attached hydrogen (secondary N) is 1. The van der Waals surface area contributed by atoms with E-state index >= 15 is 0 Å². The molecule has 0 aliphatic rings. The maximum atomic E-state index is 9.92. The van der Waals surface area contributed by atoms with Crippen molar-refractivity contribution in [3.05, 3.63) is 30.5 Å². The van der Waals surface area contributed by atoms with E-state index in [0.29, 0.717) is 19.7 Å². The molecule has 0 aliphatic heterocycles. The van der Waals surface area contributed by atoms with E-state index in [1.54, 1.807) is 7.11 Å². The first kappa shape index (κ1) is 13.0. The second-order valence-corrected chi connectivity index (χ2v) is 4.24. The predicted molar refractivity (Wildman–Crippen MR) is 70.5 cm³/mol. The predicted octanol–water partition coefficient (Wildman–Crippen LogP) is 0.633. The number of nitrogens with zero attached hydrogens (tertiary/aromatic N) is 2. The van der Waals surface area contributed by atoms with Crippen molar-refractivity contribution in [2.75, 3.05) is 26.8 Å². The molecule has 98 valence electrons. The monoisotopic (exact) mass is 249 g/mol. The van der Waals surface area contributed by atoms with Gasteiger partial charge in [0.15, 0.2) is 0 Å². The Hall–Kier alpha value is -1.43. The molecule has 2 rings (SSSR count). The Balaban J connectivity index is 1.88. The molecule has 0 spiro atoms. The van der Waals surface area contributed by atoms with Gasteiger partial charge in [0.1, 0.15) is 0 Å². The van der Waals surface area contributed by atoms with E-state index in [-0.39, 0.29) is 0 Å². The van der Waals surface area contributed by atoms with Crippen LogP contribution in [0, 0.1) is 0 Å². The number of rotatable bonds is 7. The average molecular weight is 249 g/mol. The Bertz CT molecular complexity index is 484. The topological polar surface area (TPSA) is 59.3 Å². The van der Waals surface area contributed by atoms with Crippen LogP contribution < -0.4 is 5.32 Å². The fourth-order valence-electron chi connectivity index (χ4n) is 1.88. The number of aromatic nitrogens is 2. The third-order valence-electron chi connectivity index (χ3n) is 2.80. The van der Waals surface area contributed by atoms with Gasteiger partial charge < -0.3 is 15.2 Å². The van der Waals surface area contributed by atoms with Crippen molar-refractivity contribution in [2.24, 2.45) is 0 Å². The summed E-state index contributed by atoms with van der Waals surface area (Å²) in [5, 5.41) is 18.4. The van der Waals surface area contributed by atoms with Crippen LogP contribution in [0.25, 0.3) is 10.9 Å². The van der Waals surface area contributed by atoms with Gasteiger partial charge in [0.05, 0.1) is 31.0 Å². The van der Waals surface area contributed by atoms with E-state index in [1.165, 1.54) is 0 Å². The summed E-state index contributed by atoms with van der Waals surface area (Å²) in [6.07, 6.45) is 1.37. The van der Waals surface area contributed by atoms with Gasteiger partial charge in [-0.3, -0.25) is 4.68 Å². The fourth-order valence-corrected chi connectivity index (χ4v) is 1.88. The van der Waals surface area contributed by atoms with Crippen molar-refractivity contribution in [1.29, 1.82) is 0 Å². The molecule has 5 heteroatoms. The fraction of sp³-hybridized carbons (Fsp3) is 0.462. The van der Waals surface area contributed by atoms with Crippen molar-refractivity contribution < 1.29 is 9.84 Å². The van der Waals surface area contributed by atoms with Crippen molar-refractivity contribution >= 4 is 10.9 Å². The number of benzene rings is 1. The zero-order valence-electron chi connectivity index (χ0n) is 10.5. The SMILES string of the molecule is COCCNCC(O)Cn1ncc2ccccc21. The first-order chi connectivity index (χ1) is 8.81. The van der Waals surface area contributed by atoms with E-state index in [1.807, 2.05) is 35.1 Å². The summed E-state index contributed by atoms with van der Waals surface area (Å²) in [5.74, 6) is 0. The molecule has 0 amide bonds. The molecule has 1 aromatic heterocycles. The van der Waals surface area contributed by atoms with E-state index < -0.39 is 6.10 Å². The molecule has 0 aliphatic carbocycles. The van der Waals surface area contributed by atoms with Gasteiger partial charge in [-0.1, -0.05) is 18.2 Å². The van der Waals surface area contributed by atoms with E-state index in [0.717, 1.165) is 17.4 Å². The Morgan fingerprint density at radius 3 is 3.11 bits per heavy atom. The number of ether oxygens (including phenoxy) is 1. The van der Waals surface area contributed by atoms with Crippen molar-refractivity contribution in [3.63, 3.8) is 0 Å². The molecule has 1 unspecified atom stereocenters. The lowest BCUT2D eigenvalue weighted by Crippen LogP contribution is -2.32. The number of aliphatic hydroxyl groups is 1. The molecule has 18 heavy (non-hydrogen) atoms. The van der Waals surface area contributed by atoms with E-state index in [2.05, 4.69) is 10.4 Å². The largest absolute Gasteiger partial charge is 0.390 e. The number of hydrogen-bond acceptors (Lipinski definition) is 4. The van der Waals surface area contributed by atoms with Crippen LogP contribution in [0.3, 0.4) is 0 Å². The Kier molecular flexibility index (Phi) is 4.69. The van der Waals surface area contributed by atoms with Crippen LogP contribution in [-0.4, -0.2) is 47.8 Å². The van der Waals surface area contributed by atoms with Crippen molar-refractivity contribution in [3.8, 4) is 0 Å². The molecule has 0 radical (unpaired) electrons. The second kappa shape index (κ2) is 6.49. The summed E-state index contributed by atoms with van der Waals surface area (Å²) in [6, 6.07) is 7.98. The van der Waals surface area contributed by atoms with E-state index in [9.17, 15) is 5.11 Å². The van der Waals surface area contributed by atoms with Crippen molar-refractivity contribution in [1.82, 2.24) is 15.1 Å². The lowest BCUT2D eigenvalue weighted by atomic mass is 10.2. The summed E-state index contributed by atoms with van der Waals surface area (Å²) in [4.78, 5) is 0. The molecule has 0 saturated heterocycles. The molecule has 0 saturated carbocycles. The molecule has 1 heterocycles. The highest BCUT2D eigenvalue weighted by atomic mass is 16.5. The third kappa shape index (κ3) is 3.29. The van der Waals surface area contributed by atoms with Gasteiger partial charge in [-0.25, -0.2) is 0 Å². The van der Waals surface area contributed by atoms with E-state index in [4.69, 9.17) is 4.74 Å². The first-order valence-electron chi connectivity index (χ1n) is 6.09. The summed E-state index contributed by atoms with van der Waals surface area (Å²) >= 11 is 0. The van der Waals surface area contributed by atoms with Crippen molar-refractivity contribution in [2.45, 2.75) is 12.6 Å².